The highest BCUT2D eigenvalue weighted by atomic mass is 19.1. The zero-order valence-electron chi connectivity index (χ0n) is 8.38. The number of carbonyl (C=O) groups excluding carboxylic acids is 1. The minimum Gasteiger partial charge on any atom is -0.298 e. The summed E-state index contributed by atoms with van der Waals surface area (Å²) in [5, 5.41) is 16.9. The first-order valence-electron chi connectivity index (χ1n) is 4.56. The van der Waals surface area contributed by atoms with Crippen molar-refractivity contribution in [2.75, 3.05) is 0 Å². The molecule has 0 amide bonds. The molecule has 6 nitrogen and oxygen atoms in total. The van der Waals surface area contributed by atoms with Crippen molar-refractivity contribution in [1.82, 2.24) is 10.2 Å². The first kappa shape index (κ1) is 10.9. The lowest BCUT2D eigenvalue weighted by Crippen LogP contribution is -1.95. The van der Waals surface area contributed by atoms with E-state index in [9.17, 15) is 19.3 Å². The van der Waals surface area contributed by atoms with Gasteiger partial charge in [-0.3, -0.25) is 20.0 Å². The van der Waals surface area contributed by atoms with E-state index in [0.717, 1.165) is 12.1 Å². The largest absolute Gasteiger partial charge is 0.298 e. The minimum atomic E-state index is -0.715. The number of rotatable bonds is 3. The third kappa shape index (κ3) is 1.89. The number of hydrogen-bond donors (Lipinski definition) is 1. The van der Waals surface area contributed by atoms with Gasteiger partial charge in [-0.1, -0.05) is 0 Å². The van der Waals surface area contributed by atoms with Gasteiger partial charge in [0.1, 0.15) is 5.82 Å². The van der Waals surface area contributed by atoms with E-state index in [1.165, 1.54) is 12.3 Å². The third-order valence-corrected chi connectivity index (χ3v) is 2.22. The van der Waals surface area contributed by atoms with Gasteiger partial charge in [-0.15, -0.1) is 0 Å². The molecule has 1 aromatic heterocycles. The summed E-state index contributed by atoms with van der Waals surface area (Å²) in [7, 11) is 0. The topological polar surface area (TPSA) is 88.9 Å². The monoisotopic (exact) mass is 235 g/mol. The van der Waals surface area contributed by atoms with Crippen molar-refractivity contribution in [3.05, 3.63) is 45.9 Å². The van der Waals surface area contributed by atoms with E-state index in [-0.39, 0.29) is 16.8 Å². The number of carbonyl (C=O) groups is 1. The number of nitrogens with zero attached hydrogens (tertiary/aromatic N) is 2. The molecule has 1 N–H and O–H groups in total. The summed E-state index contributed by atoms with van der Waals surface area (Å²) in [6.07, 6.45) is 1.77. The third-order valence-electron chi connectivity index (χ3n) is 2.22. The Bertz CT molecular complexity index is 594. The van der Waals surface area contributed by atoms with Gasteiger partial charge in [0.2, 0.25) is 0 Å². The van der Waals surface area contributed by atoms with Crippen LogP contribution in [0.25, 0.3) is 11.3 Å². The van der Waals surface area contributed by atoms with Crippen LogP contribution in [0.5, 0.6) is 0 Å². The van der Waals surface area contributed by atoms with E-state index < -0.39 is 16.4 Å². The standard InChI is InChI=1S/C10H6FN3O3/c11-7-1-2-8(9(3-7)14(16)17)10-6(5-15)4-12-13-10/h1-5H,(H,12,13). The predicted molar refractivity (Wildman–Crippen MR) is 56.0 cm³/mol. The Balaban J connectivity index is 2.67. The Morgan fingerprint density at radius 2 is 2.24 bits per heavy atom. The molecule has 0 aliphatic heterocycles. The molecule has 0 bridgehead atoms. The minimum absolute atomic E-state index is 0.121. The summed E-state index contributed by atoms with van der Waals surface area (Å²) >= 11 is 0. The summed E-state index contributed by atoms with van der Waals surface area (Å²) in [6.45, 7) is 0. The second kappa shape index (κ2) is 4.12. The molecule has 0 spiro atoms. The number of aromatic amines is 1. The van der Waals surface area contributed by atoms with Crippen LogP contribution in [0.1, 0.15) is 10.4 Å². The van der Waals surface area contributed by atoms with Gasteiger partial charge in [0.05, 0.1) is 34.0 Å². The Morgan fingerprint density at radius 3 is 2.88 bits per heavy atom. The quantitative estimate of drug-likeness (QED) is 0.500. The number of nitro benzene ring substituents is 1. The van der Waals surface area contributed by atoms with Gasteiger partial charge in [0.25, 0.3) is 5.69 Å². The maximum Gasteiger partial charge on any atom is 0.281 e. The number of nitrogens with one attached hydrogen (secondary N) is 1. The molecule has 17 heavy (non-hydrogen) atoms. The fourth-order valence-corrected chi connectivity index (χ4v) is 1.47. The van der Waals surface area contributed by atoms with Gasteiger partial charge in [0, 0.05) is 0 Å². The highest BCUT2D eigenvalue weighted by Gasteiger charge is 2.19. The zero-order valence-corrected chi connectivity index (χ0v) is 8.38. The molecule has 0 saturated heterocycles. The van der Waals surface area contributed by atoms with Crippen LogP contribution in [0.15, 0.2) is 24.4 Å². The van der Waals surface area contributed by atoms with Crippen LogP contribution in [0, 0.1) is 15.9 Å². The molecule has 2 aromatic rings. The summed E-state index contributed by atoms with van der Waals surface area (Å²) in [4.78, 5) is 20.8. The molecule has 0 radical (unpaired) electrons. The molecule has 1 aromatic carbocycles. The zero-order chi connectivity index (χ0) is 12.4. The van der Waals surface area contributed by atoms with Crippen molar-refractivity contribution in [2.45, 2.75) is 0 Å². The molecule has 0 saturated carbocycles. The molecule has 0 fully saturated rings. The second-order valence-electron chi connectivity index (χ2n) is 3.24. The van der Waals surface area contributed by atoms with Gasteiger partial charge in [0.15, 0.2) is 6.29 Å². The molecule has 0 atom stereocenters. The van der Waals surface area contributed by atoms with Gasteiger partial charge in [-0.05, 0) is 12.1 Å². The van der Waals surface area contributed by atoms with E-state index in [4.69, 9.17) is 0 Å². The lowest BCUT2D eigenvalue weighted by atomic mass is 10.1. The van der Waals surface area contributed by atoms with Crippen LogP contribution in [-0.4, -0.2) is 21.4 Å². The van der Waals surface area contributed by atoms with Crippen molar-refractivity contribution in [1.29, 1.82) is 0 Å². The van der Waals surface area contributed by atoms with Crippen molar-refractivity contribution >= 4 is 12.0 Å². The van der Waals surface area contributed by atoms with E-state index in [1.807, 2.05) is 0 Å². The van der Waals surface area contributed by atoms with Crippen LogP contribution in [0.4, 0.5) is 10.1 Å². The number of nitro groups is 1. The smallest absolute Gasteiger partial charge is 0.281 e. The number of halogens is 1. The van der Waals surface area contributed by atoms with Crippen LogP contribution in [0.3, 0.4) is 0 Å². The Labute approximate surface area is 94.2 Å². The lowest BCUT2D eigenvalue weighted by molar-refractivity contribution is -0.384. The van der Waals surface area contributed by atoms with E-state index in [2.05, 4.69) is 10.2 Å². The van der Waals surface area contributed by atoms with Gasteiger partial charge in [-0.25, -0.2) is 4.39 Å². The van der Waals surface area contributed by atoms with Crippen LogP contribution in [-0.2, 0) is 0 Å². The highest BCUT2D eigenvalue weighted by molar-refractivity contribution is 5.87. The Kier molecular flexibility index (Phi) is 2.65. The molecule has 7 heteroatoms. The first-order valence-corrected chi connectivity index (χ1v) is 4.56. The van der Waals surface area contributed by atoms with Gasteiger partial charge in [-0.2, -0.15) is 5.10 Å². The maximum atomic E-state index is 12.9. The Hall–Kier alpha value is -2.57. The molecule has 1 heterocycles. The SMILES string of the molecule is O=Cc1cn[nH]c1-c1ccc(F)cc1[N+](=O)[O-]. The van der Waals surface area contributed by atoms with E-state index in [0.29, 0.717) is 6.29 Å². The molecule has 86 valence electrons. The number of H-pyrrole nitrogens is 1. The maximum absolute atomic E-state index is 12.9. The van der Waals surface area contributed by atoms with Crippen LogP contribution < -0.4 is 0 Å². The molecule has 0 aliphatic carbocycles. The van der Waals surface area contributed by atoms with Crippen molar-refractivity contribution in [3.63, 3.8) is 0 Å². The number of aromatic nitrogens is 2. The normalized spacial score (nSPS) is 10.2. The Morgan fingerprint density at radius 1 is 1.47 bits per heavy atom. The molecular formula is C10H6FN3O3. The van der Waals surface area contributed by atoms with Gasteiger partial charge >= 0.3 is 0 Å². The fourth-order valence-electron chi connectivity index (χ4n) is 1.47. The lowest BCUT2D eigenvalue weighted by Gasteiger charge is -2.01. The van der Waals surface area contributed by atoms with E-state index in [1.54, 1.807) is 0 Å². The summed E-state index contributed by atoms with van der Waals surface area (Å²) in [6, 6.07) is 3.11. The van der Waals surface area contributed by atoms with Crippen LogP contribution >= 0.6 is 0 Å². The first-order chi connectivity index (χ1) is 8.13. The molecular weight excluding hydrogens is 229 g/mol. The number of hydrogen-bond acceptors (Lipinski definition) is 4. The van der Waals surface area contributed by atoms with Crippen molar-refractivity contribution in [3.8, 4) is 11.3 Å². The fraction of sp³-hybridized carbons (Fsp3) is 0. The average molecular weight is 235 g/mol. The van der Waals surface area contributed by atoms with Crippen molar-refractivity contribution < 1.29 is 14.1 Å². The molecule has 0 unspecified atom stereocenters. The van der Waals surface area contributed by atoms with Crippen molar-refractivity contribution in [2.24, 2.45) is 0 Å². The molecule has 0 aliphatic rings. The summed E-state index contributed by atoms with van der Waals surface area (Å²) < 4.78 is 12.9. The summed E-state index contributed by atoms with van der Waals surface area (Å²) in [5.74, 6) is -0.715. The van der Waals surface area contributed by atoms with Crippen LogP contribution in [0.2, 0.25) is 0 Å². The number of benzene rings is 1. The highest BCUT2D eigenvalue weighted by Crippen LogP contribution is 2.30. The van der Waals surface area contributed by atoms with Gasteiger partial charge < -0.3 is 0 Å². The summed E-state index contributed by atoms with van der Waals surface area (Å²) in [5.41, 5.74) is 0.0831. The predicted octanol–water partition coefficient (Wildman–Crippen LogP) is 1.94. The molecule has 2 rings (SSSR count). The second-order valence-corrected chi connectivity index (χ2v) is 3.24. The average Bonchev–Trinajstić information content (AvgIpc) is 2.76. The van der Waals surface area contributed by atoms with E-state index >= 15 is 0 Å². The number of aldehydes is 1.